The van der Waals surface area contributed by atoms with Crippen LogP contribution in [-0.4, -0.2) is 55.9 Å². The monoisotopic (exact) mass is 260 g/mol. The number of amides is 1. The summed E-state index contributed by atoms with van der Waals surface area (Å²) in [4.78, 5) is 13.8. The molecular formula is C13H28N2O3. The highest BCUT2D eigenvalue weighted by atomic mass is 16.5. The highest BCUT2D eigenvalue weighted by Gasteiger charge is 2.21. The van der Waals surface area contributed by atoms with Crippen molar-refractivity contribution in [2.45, 2.75) is 39.7 Å². The molecule has 108 valence electrons. The molecule has 5 nitrogen and oxygen atoms in total. The smallest absolute Gasteiger partial charge is 0.224 e. The summed E-state index contributed by atoms with van der Waals surface area (Å²) in [5.41, 5.74) is 5.39. The van der Waals surface area contributed by atoms with Crippen LogP contribution in [0.3, 0.4) is 0 Å². The second-order valence-corrected chi connectivity index (χ2v) is 4.94. The molecule has 0 aliphatic rings. The Kier molecular flexibility index (Phi) is 8.97. The molecule has 0 saturated heterocycles. The third-order valence-corrected chi connectivity index (χ3v) is 2.38. The molecule has 0 aromatic rings. The third-order valence-electron chi connectivity index (χ3n) is 2.38. The van der Waals surface area contributed by atoms with Gasteiger partial charge in [-0.05, 0) is 27.7 Å². The van der Waals surface area contributed by atoms with E-state index in [9.17, 15) is 4.79 Å². The molecule has 0 heterocycles. The first-order valence-corrected chi connectivity index (χ1v) is 6.62. The first kappa shape index (κ1) is 17.4. The van der Waals surface area contributed by atoms with Gasteiger partial charge in [-0.3, -0.25) is 4.79 Å². The minimum Gasteiger partial charge on any atom is -0.380 e. The molecule has 0 aliphatic heterocycles. The molecule has 0 saturated carbocycles. The van der Waals surface area contributed by atoms with Crippen LogP contribution >= 0.6 is 0 Å². The Hall–Kier alpha value is -0.650. The van der Waals surface area contributed by atoms with Crippen molar-refractivity contribution in [2.75, 3.05) is 39.5 Å². The molecule has 0 fully saturated rings. The van der Waals surface area contributed by atoms with Crippen LogP contribution in [0.15, 0.2) is 0 Å². The molecule has 1 amide bonds. The van der Waals surface area contributed by atoms with Crippen LogP contribution in [0.25, 0.3) is 0 Å². The van der Waals surface area contributed by atoms with Gasteiger partial charge in [0.15, 0.2) is 0 Å². The van der Waals surface area contributed by atoms with E-state index in [-0.39, 0.29) is 5.91 Å². The molecule has 0 spiro atoms. The fraction of sp³-hybridized carbons (Fsp3) is 0.923. The first-order valence-electron chi connectivity index (χ1n) is 6.62. The van der Waals surface area contributed by atoms with Crippen molar-refractivity contribution in [3.63, 3.8) is 0 Å². The highest BCUT2D eigenvalue weighted by Crippen LogP contribution is 2.07. The Morgan fingerprint density at radius 1 is 1.11 bits per heavy atom. The van der Waals surface area contributed by atoms with Gasteiger partial charge in [-0.25, -0.2) is 0 Å². The minimum atomic E-state index is -0.480. The Morgan fingerprint density at radius 2 is 1.56 bits per heavy atom. The molecule has 0 unspecified atom stereocenters. The van der Waals surface area contributed by atoms with E-state index in [1.54, 1.807) is 4.90 Å². The van der Waals surface area contributed by atoms with Gasteiger partial charge in [-0.1, -0.05) is 0 Å². The number of hydrogen-bond donors (Lipinski definition) is 1. The van der Waals surface area contributed by atoms with Crippen LogP contribution in [0, 0.1) is 0 Å². The van der Waals surface area contributed by atoms with Gasteiger partial charge >= 0.3 is 0 Å². The lowest BCUT2D eigenvalue weighted by molar-refractivity contribution is -0.133. The van der Waals surface area contributed by atoms with Crippen LogP contribution in [0.5, 0.6) is 0 Å². The van der Waals surface area contributed by atoms with Gasteiger partial charge in [0.2, 0.25) is 5.91 Å². The number of rotatable bonds is 10. The number of nitrogens with two attached hydrogens (primary N) is 1. The summed E-state index contributed by atoms with van der Waals surface area (Å²) in [5, 5.41) is 0. The second-order valence-electron chi connectivity index (χ2n) is 4.94. The zero-order chi connectivity index (χ0) is 14.0. The molecular weight excluding hydrogens is 232 g/mol. The van der Waals surface area contributed by atoms with Gasteiger partial charge < -0.3 is 20.1 Å². The molecule has 0 atom stereocenters. The second kappa shape index (κ2) is 9.30. The molecule has 2 N–H and O–H groups in total. The molecule has 0 rings (SSSR count). The van der Waals surface area contributed by atoms with Crippen LogP contribution < -0.4 is 5.73 Å². The summed E-state index contributed by atoms with van der Waals surface area (Å²) in [7, 11) is 0. The molecule has 5 heteroatoms. The average Bonchev–Trinajstić information content (AvgIpc) is 2.25. The fourth-order valence-electron chi connectivity index (χ4n) is 1.50. The van der Waals surface area contributed by atoms with Crippen molar-refractivity contribution in [1.29, 1.82) is 0 Å². The lowest BCUT2D eigenvalue weighted by Gasteiger charge is -2.26. The van der Waals surface area contributed by atoms with Crippen LogP contribution in [-0.2, 0) is 14.3 Å². The van der Waals surface area contributed by atoms with E-state index in [2.05, 4.69) is 0 Å². The number of carbonyl (C=O) groups is 1. The van der Waals surface area contributed by atoms with E-state index < -0.39 is 5.54 Å². The maximum atomic E-state index is 12.1. The minimum absolute atomic E-state index is 0.0573. The molecule has 0 aliphatic carbocycles. The average molecular weight is 260 g/mol. The van der Waals surface area contributed by atoms with Crippen molar-refractivity contribution in [3.05, 3.63) is 0 Å². The van der Waals surface area contributed by atoms with Gasteiger partial charge in [0.1, 0.15) is 0 Å². The quantitative estimate of drug-likeness (QED) is 0.596. The predicted molar refractivity (Wildman–Crippen MR) is 72.4 cm³/mol. The van der Waals surface area contributed by atoms with E-state index in [1.165, 1.54) is 0 Å². The largest absolute Gasteiger partial charge is 0.380 e. The van der Waals surface area contributed by atoms with Crippen molar-refractivity contribution in [1.82, 2.24) is 4.90 Å². The van der Waals surface area contributed by atoms with Crippen molar-refractivity contribution in [3.8, 4) is 0 Å². The van der Waals surface area contributed by atoms with E-state index in [4.69, 9.17) is 15.2 Å². The van der Waals surface area contributed by atoms with Crippen LogP contribution in [0.1, 0.15) is 34.1 Å². The van der Waals surface area contributed by atoms with Gasteiger partial charge in [-0.15, -0.1) is 0 Å². The van der Waals surface area contributed by atoms with Crippen LogP contribution in [0.2, 0.25) is 0 Å². The molecule has 0 bridgehead atoms. The van der Waals surface area contributed by atoms with Gasteiger partial charge in [0.25, 0.3) is 0 Å². The molecule has 0 aromatic heterocycles. The van der Waals surface area contributed by atoms with E-state index in [1.807, 2.05) is 27.7 Å². The topological polar surface area (TPSA) is 64.8 Å². The van der Waals surface area contributed by atoms with Gasteiger partial charge in [0.05, 0.1) is 13.2 Å². The van der Waals surface area contributed by atoms with E-state index in [0.717, 1.165) is 0 Å². The van der Waals surface area contributed by atoms with Crippen LogP contribution in [0.4, 0.5) is 0 Å². The first-order chi connectivity index (χ1) is 8.40. The van der Waals surface area contributed by atoms with E-state index >= 15 is 0 Å². The molecule has 0 aromatic carbocycles. The van der Waals surface area contributed by atoms with Gasteiger partial charge in [0, 0.05) is 38.3 Å². The zero-order valence-corrected chi connectivity index (χ0v) is 12.2. The SMILES string of the molecule is CCOCCN(CCOCC)C(=O)CC(C)(C)N. The summed E-state index contributed by atoms with van der Waals surface area (Å²) >= 11 is 0. The maximum Gasteiger partial charge on any atom is 0.224 e. The number of ether oxygens (including phenoxy) is 2. The number of carbonyl (C=O) groups excluding carboxylic acids is 1. The van der Waals surface area contributed by atoms with E-state index in [0.29, 0.717) is 45.9 Å². The lowest BCUT2D eigenvalue weighted by Crippen LogP contribution is -2.43. The van der Waals surface area contributed by atoms with Crippen molar-refractivity contribution < 1.29 is 14.3 Å². The Balaban J connectivity index is 4.20. The third kappa shape index (κ3) is 9.39. The Labute approximate surface area is 111 Å². The van der Waals surface area contributed by atoms with Crippen molar-refractivity contribution >= 4 is 5.91 Å². The predicted octanol–water partition coefficient (Wildman–Crippen LogP) is 1.02. The summed E-state index contributed by atoms with van der Waals surface area (Å²) in [6.07, 6.45) is 0.339. The normalized spacial score (nSPS) is 11.6. The maximum absolute atomic E-state index is 12.1. The highest BCUT2D eigenvalue weighted by molar-refractivity contribution is 5.77. The Bertz CT molecular complexity index is 217. The number of nitrogens with zero attached hydrogens (tertiary/aromatic N) is 1. The zero-order valence-electron chi connectivity index (χ0n) is 12.2. The Morgan fingerprint density at radius 3 is 1.89 bits per heavy atom. The summed E-state index contributed by atoms with van der Waals surface area (Å²) in [6, 6.07) is 0. The van der Waals surface area contributed by atoms with Gasteiger partial charge in [-0.2, -0.15) is 0 Å². The molecule has 0 radical (unpaired) electrons. The van der Waals surface area contributed by atoms with Crippen molar-refractivity contribution in [2.24, 2.45) is 5.73 Å². The summed E-state index contributed by atoms with van der Waals surface area (Å²) in [6.45, 7) is 11.2. The number of hydrogen-bond acceptors (Lipinski definition) is 4. The summed E-state index contributed by atoms with van der Waals surface area (Å²) in [5.74, 6) is 0.0573. The summed E-state index contributed by atoms with van der Waals surface area (Å²) < 4.78 is 10.6. The fourth-order valence-corrected chi connectivity index (χ4v) is 1.50. The molecule has 18 heavy (non-hydrogen) atoms. The lowest BCUT2D eigenvalue weighted by atomic mass is 10.0. The standard InChI is InChI=1S/C13H28N2O3/c1-5-17-9-7-15(8-10-18-6-2)12(16)11-13(3,4)14/h5-11,14H2,1-4H3.